The van der Waals surface area contributed by atoms with Gasteiger partial charge in [-0.2, -0.15) is 0 Å². The molecule has 0 radical (unpaired) electrons. The second kappa shape index (κ2) is 8.55. The van der Waals surface area contributed by atoms with Crippen LogP contribution in [-0.4, -0.2) is 66.0 Å². The first kappa shape index (κ1) is 20.7. The molecule has 4 amide bonds. The van der Waals surface area contributed by atoms with Gasteiger partial charge >= 0.3 is 12.1 Å². The molecule has 1 aromatic rings. The lowest BCUT2D eigenvalue weighted by atomic mass is 10.0. The zero-order valence-corrected chi connectivity index (χ0v) is 17.4. The van der Waals surface area contributed by atoms with Crippen LogP contribution in [0.1, 0.15) is 36.8 Å². The average molecular weight is 411 g/mol. The molecule has 154 valence electrons. The summed E-state index contributed by atoms with van der Waals surface area (Å²) in [4.78, 5) is 30.5. The van der Waals surface area contributed by atoms with Gasteiger partial charge in [0.2, 0.25) is 0 Å². The lowest BCUT2D eigenvalue weighted by Gasteiger charge is -2.40. The first-order valence-electron chi connectivity index (χ1n) is 9.75. The molecule has 1 saturated heterocycles. The fourth-order valence-corrected chi connectivity index (χ4v) is 3.89. The van der Waals surface area contributed by atoms with E-state index in [0.29, 0.717) is 23.7 Å². The van der Waals surface area contributed by atoms with Crippen molar-refractivity contribution in [2.75, 3.05) is 27.2 Å². The predicted octanol–water partition coefficient (Wildman–Crippen LogP) is 3.61. The van der Waals surface area contributed by atoms with Crippen LogP contribution < -0.4 is 5.32 Å². The van der Waals surface area contributed by atoms with Gasteiger partial charge in [-0.25, -0.2) is 14.0 Å². The summed E-state index contributed by atoms with van der Waals surface area (Å²) >= 11 is 5.94. The van der Waals surface area contributed by atoms with Gasteiger partial charge in [0.1, 0.15) is 5.82 Å². The number of hydrogen-bond donors (Lipinski definition) is 1. The molecule has 1 atom stereocenters. The summed E-state index contributed by atoms with van der Waals surface area (Å²) < 4.78 is 14.1. The van der Waals surface area contributed by atoms with Gasteiger partial charge in [-0.1, -0.05) is 11.6 Å². The van der Waals surface area contributed by atoms with Gasteiger partial charge in [0.15, 0.2) is 0 Å². The second-order valence-electron chi connectivity index (χ2n) is 7.91. The Kier molecular flexibility index (Phi) is 6.33. The number of carbonyl (C=O) groups is 2. The molecule has 1 heterocycles. The number of amides is 4. The van der Waals surface area contributed by atoms with Crippen LogP contribution in [-0.2, 0) is 6.54 Å². The topological polar surface area (TPSA) is 55.9 Å². The second-order valence-corrected chi connectivity index (χ2v) is 8.32. The van der Waals surface area contributed by atoms with E-state index in [1.54, 1.807) is 30.0 Å². The number of hydrogen-bond acceptors (Lipinski definition) is 2. The summed E-state index contributed by atoms with van der Waals surface area (Å²) in [6.45, 7) is 3.17. The number of halogens is 2. The van der Waals surface area contributed by atoms with E-state index in [9.17, 15) is 14.0 Å². The molecule has 1 aliphatic carbocycles. The number of aryl methyl sites for hydroxylation is 1. The summed E-state index contributed by atoms with van der Waals surface area (Å²) in [7, 11) is 3.47. The third kappa shape index (κ3) is 4.69. The summed E-state index contributed by atoms with van der Waals surface area (Å²) in [5, 5.41) is 3.24. The molecule has 8 heteroatoms. The third-order valence-electron chi connectivity index (χ3n) is 5.38. The van der Waals surface area contributed by atoms with Crippen molar-refractivity contribution in [3.63, 3.8) is 0 Å². The average Bonchev–Trinajstić information content (AvgIpc) is 3.48. The SMILES string of the molecule is Cc1cc(CNC(=O)N(C2CC2)[C@@H]2CCCN(C(=O)N(C)C)C2)c(F)cc1Cl. The minimum Gasteiger partial charge on any atom is -0.334 e. The highest BCUT2D eigenvalue weighted by atomic mass is 35.5. The zero-order chi connectivity index (χ0) is 20.4. The minimum atomic E-state index is -0.422. The van der Waals surface area contributed by atoms with Gasteiger partial charge in [0, 0.05) is 50.4 Å². The van der Waals surface area contributed by atoms with Crippen LogP contribution in [0, 0.1) is 12.7 Å². The Morgan fingerprint density at radius 3 is 2.61 bits per heavy atom. The van der Waals surface area contributed by atoms with E-state index in [4.69, 9.17) is 11.6 Å². The zero-order valence-electron chi connectivity index (χ0n) is 16.7. The maximum Gasteiger partial charge on any atom is 0.319 e. The molecule has 28 heavy (non-hydrogen) atoms. The standard InChI is InChI=1S/C20H28ClFN4O2/c1-13-9-14(18(22)10-17(13)21)11-23-19(27)26(15-6-7-15)16-5-4-8-25(12-16)20(28)24(2)3/h9-10,15-16H,4-8,11-12H2,1-3H3,(H,23,27)/t16-/m1/s1. The Morgan fingerprint density at radius 2 is 1.96 bits per heavy atom. The van der Waals surface area contributed by atoms with Crippen LogP contribution in [0.4, 0.5) is 14.0 Å². The molecule has 1 aliphatic heterocycles. The summed E-state index contributed by atoms with van der Waals surface area (Å²) in [6.07, 6.45) is 3.68. The largest absolute Gasteiger partial charge is 0.334 e. The van der Waals surface area contributed by atoms with Crippen molar-refractivity contribution in [3.05, 3.63) is 34.1 Å². The van der Waals surface area contributed by atoms with Crippen molar-refractivity contribution < 1.29 is 14.0 Å². The van der Waals surface area contributed by atoms with Crippen LogP contribution in [0.3, 0.4) is 0 Å². The van der Waals surface area contributed by atoms with Crippen LogP contribution in [0.15, 0.2) is 12.1 Å². The first-order valence-corrected chi connectivity index (χ1v) is 10.1. The normalized spacial score (nSPS) is 19.3. The number of benzene rings is 1. The van der Waals surface area contributed by atoms with Crippen molar-refractivity contribution in [2.45, 2.75) is 51.2 Å². The van der Waals surface area contributed by atoms with E-state index in [2.05, 4.69) is 5.32 Å². The van der Waals surface area contributed by atoms with Gasteiger partial charge < -0.3 is 20.0 Å². The lowest BCUT2D eigenvalue weighted by Crippen LogP contribution is -2.56. The Hall–Kier alpha value is -2.02. The highest BCUT2D eigenvalue weighted by molar-refractivity contribution is 6.31. The molecule has 1 saturated carbocycles. The summed E-state index contributed by atoms with van der Waals surface area (Å²) in [5.74, 6) is -0.422. The molecule has 0 spiro atoms. The Bertz CT molecular complexity index is 754. The van der Waals surface area contributed by atoms with Crippen LogP contribution in [0.5, 0.6) is 0 Å². The highest BCUT2D eigenvalue weighted by Gasteiger charge is 2.39. The molecule has 6 nitrogen and oxygen atoms in total. The number of carbonyl (C=O) groups excluding carboxylic acids is 2. The highest BCUT2D eigenvalue weighted by Crippen LogP contribution is 2.32. The fourth-order valence-electron chi connectivity index (χ4n) is 3.74. The number of nitrogens with one attached hydrogen (secondary N) is 1. The quantitative estimate of drug-likeness (QED) is 0.824. The van der Waals surface area contributed by atoms with E-state index in [1.165, 1.54) is 6.07 Å². The van der Waals surface area contributed by atoms with E-state index in [-0.39, 0.29) is 30.7 Å². The van der Waals surface area contributed by atoms with Crippen molar-refractivity contribution in [1.82, 2.24) is 20.0 Å². The molecular formula is C20H28ClFN4O2. The smallest absolute Gasteiger partial charge is 0.319 e. The monoisotopic (exact) mass is 410 g/mol. The molecule has 1 N–H and O–H groups in total. The van der Waals surface area contributed by atoms with Crippen molar-refractivity contribution in [2.24, 2.45) is 0 Å². The fraction of sp³-hybridized carbons (Fsp3) is 0.600. The van der Waals surface area contributed by atoms with Gasteiger partial charge in [0.05, 0.1) is 6.04 Å². The van der Waals surface area contributed by atoms with E-state index in [0.717, 1.165) is 31.2 Å². The van der Waals surface area contributed by atoms with Crippen molar-refractivity contribution in [3.8, 4) is 0 Å². The molecule has 3 rings (SSSR count). The minimum absolute atomic E-state index is 0.0121. The van der Waals surface area contributed by atoms with Gasteiger partial charge in [-0.3, -0.25) is 0 Å². The van der Waals surface area contributed by atoms with Crippen molar-refractivity contribution in [1.29, 1.82) is 0 Å². The maximum atomic E-state index is 14.1. The molecule has 2 fully saturated rings. The molecular weight excluding hydrogens is 383 g/mol. The predicted molar refractivity (Wildman–Crippen MR) is 107 cm³/mol. The van der Waals surface area contributed by atoms with E-state index >= 15 is 0 Å². The molecule has 2 aliphatic rings. The van der Waals surface area contributed by atoms with Crippen LogP contribution >= 0.6 is 11.6 Å². The van der Waals surface area contributed by atoms with Gasteiger partial charge in [-0.15, -0.1) is 0 Å². The molecule has 0 aromatic heterocycles. The lowest BCUT2D eigenvalue weighted by molar-refractivity contribution is 0.105. The summed E-state index contributed by atoms with van der Waals surface area (Å²) in [6, 6.07) is 2.91. The van der Waals surface area contributed by atoms with Crippen LogP contribution in [0.2, 0.25) is 5.02 Å². The number of urea groups is 2. The van der Waals surface area contributed by atoms with Crippen molar-refractivity contribution >= 4 is 23.7 Å². The van der Waals surface area contributed by atoms with Gasteiger partial charge in [0.25, 0.3) is 0 Å². The molecule has 1 aromatic carbocycles. The molecule has 0 unspecified atom stereocenters. The van der Waals surface area contributed by atoms with Gasteiger partial charge in [-0.05, 0) is 50.3 Å². The Morgan fingerprint density at radius 1 is 1.25 bits per heavy atom. The first-order chi connectivity index (χ1) is 13.3. The van der Waals surface area contributed by atoms with E-state index in [1.807, 2.05) is 11.8 Å². The number of nitrogens with zero attached hydrogens (tertiary/aromatic N) is 3. The number of piperidine rings is 1. The Labute approximate surface area is 170 Å². The Balaban J connectivity index is 1.66. The number of rotatable bonds is 4. The summed E-state index contributed by atoms with van der Waals surface area (Å²) in [5.41, 5.74) is 1.19. The van der Waals surface area contributed by atoms with Crippen LogP contribution in [0.25, 0.3) is 0 Å². The third-order valence-corrected chi connectivity index (χ3v) is 5.78. The van der Waals surface area contributed by atoms with E-state index < -0.39 is 5.82 Å². The maximum absolute atomic E-state index is 14.1. The number of likely N-dealkylation sites (tertiary alicyclic amines) is 1. The molecule has 0 bridgehead atoms.